The second-order valence-corrected chi connectivity index (χ2v) is 11.4. The molecule has 4 aromatic carbocycles. The number of Topliss-reactive ketones (excluding diaryl/α,β-unsaturated/α-hetero) is 1. The number of hydrogen-bond acceptors (Lipinski definition) is 5. The first-order valence-electron chi connectivity index (χ1n) is 13.2. The number of hydrogen-bond donors (Lipinski definition) is 0. The number of carbonyl (C=O) groups excluding carboxylic acids is 2. The molecule has 1 aliphatic carbocycles. The molecule has 7 heteroatoms. The summed E-state index contributed by atoms with van der Waals surface area (Å²) in [5, 5.41) is 0. The third-order valence-corrected chi connectivity index (χ3v) is 7.43. The highest BCUT2D eigenvalue weighted by Gasteiger charge is 2.62. The third kappa shape index (κ3) is 6.82. The van der Waals surface area contributed by atoms with Crippen molar-refractivity contribution in [1.82, 2.24) is 0 Å². The van der Waals surface area contributed by atoms with Gasteiger partial charge in [-0.05, 0) is 65.9 Å². The summed E-state index contributed by atoms with van der Waals surface area (Å²) in [6, 6.07) is 32.4. The Morgan fingerprint density at radius 1 is 0.732 bits per heavy atom. The van der Waals surface area contributed by atoms with E-state index in [1.165, 1.54) is 0 Å². The van der Waals surface area contributed by atoms with Gasteiger partial charge in [0.05, 0.1) is 5.92 Å². The zero-order valence-corrected chi connectivity index (χ0v) is 24.0. The number of benzene rings is 4. The fraction of sp³-hybridized carbons (Fsp3) is 0.176. The standard InChI is InChI=1S/C34H28Cl2O5/c1-34(2)28(21-29(35)36)30(34)33(38)41-32(23-12-10-18-27(20-23)40-25-15-7-4-8-16-25)31(37)22-11-9-17-26(19-22)39-24-13-5-3-6-14-24/h3-21,28,30,32H,1-2H3/t28-,30+,32+/m1/s1. The molecule has 0 radical (unpaired) electrons. The van der Waals surface area contributed by atoms with Crippen LogP contribution in [0.3, 0.4) is 0 Å². The van der Waals surface area contributed by atoms with Crippen LogP contribution in [-0.2, 0) is 9.53 Å². The second-order valence-electron chi connectivity index (χ2n) is 10.4. The van der Waals surface area contributed by atoms with Crippen molar-refractivity contribution >= 4 is 35.0 Å². The van der Waals surface area contributed by atoms with E-state index >= 15 is 0 Å². The molecule has 0 saturated heterocycles. The van der Waals surface area contributed by atoms with Gasteiger partial charge in [-0.1, -0.05) is 97.7 Å². The molecule has 0 heterocycles. The van der Waals surface area contributed by atoms with E-state index in [2.05, 4.69) is 0 Å². The second kappa shape index (κ2) is 12.2. The number of rotatable bonds is 10. The lowest BCUT2D eigenvalue weighted by Gasteiger charge is -2.19. The smallest absolute Gasteiger partial charge is 0.311 e. The quantitative estimate of drug-likeness (QED) is 0.137. The Labute approximate surface area is 249 Å². The number of ether oxygens (including phenoxy) is 3. The number of halogens is 2. The summed E-state index contributed by atoms with van der Waals surface area (Å²) in [7, 11) is 0. The molecule has 0 amide bonds. The molecule has 0 spiro atoms. The van der Waals surface area contributed by atoms with Gasteiger partial charge in [0.2, 0.25) is 5.78 Å². The van der Waals surface area contributed by atoms with Crippen LogP contribution in [0.15, 0.2) is 120 Å². The van der Waals surface area contributed by atoms with Crippen LogP contribution in [0, 0.1) is 17.3 Å². The molecule has 208 valence electrons. The Balaban J connectivity index is 1.45. The molecule has 1 saturated carbocycles. The molecular weight excluding hydrogens is 559 g/mol. The summed E-state index contributed by atoms with van der Waals surface area (Å²) in [6.45, 7) is 3.87. The van der Waals surface area contributed by atoms with Gasteiger partial charge >= 0.3 is 5.97 Å². The molecule has 0 N–H and O–H groups in total. The Bertz CT molecular complexity index is 1560. The Morgan fingerprint density at radius 3 is 1.85 bits per heavy atom. The van der Waals surface area contributed by atoms with E-state index in [9.17, 15) is 9.59 Å². The summed E-state index contributed by atoms with van der Waals surface area (Å²) in [6.07, 6.45) is 0.422. The summed E-state index contributed by atoms with van der Waals surface area (Å²) in [4.78, 5) is 27.5. The molecule has 5 rings (SSSR count). The van der Waals surface area contributed by atoms with Crippen LogP contribution in [0.2, 0.25) is 0 Å². The van der Waals surface area contributed by atoms with Crippen molar-refractivity contribution in [2.45, 2.75) is 20.0 Å². The first-order valence-corrected chi connectivity index (χ1v) is 13.9. The van der Waals surface area contributed by atoms with Crippen LogP contribution in [0.25, 0.3) is 0 Å². The van der Waals surface area contributed by atoms with E-state index in [0.29, 0.717) is 34.1 Å². The first kappa shape index (κ1) is 28.5. The highest BCUT2D eigenvalue weighted by atomic mass is 35.5. The minimum absolute atomic E-state index is 0.0898. The van der Waals surface area contributed by atoms with Gasteiger partial charge < -0.3 is 14.2 Å². The number of carbonyl (C=O) groups is 2. The van der Waals surface area contributed by atoms with Gasteiger partial charge in [-0.25, -0.2) is 0 Å². The maximum absolute atomic E-state index is 14.0. The number of para-hydroxylation sites is 2. The van der Waals surface area contributed by atoms with Crippen molar-refractivity contribution in [3.05, 3.63) is 131 Å². The zero-order chi connectivity index (χ0) is 29.0. The minimum atomic E-state index is -1.22. The molecule has 5 nitrogen and oxygen atoms in total. The van der Waals surface area contributed by atoms with Crippen LogP contribution in [-0.4, -0.2) is 11.8 Å². The van der Waals surface area contributed by atoms with Gasteiger partial charge in [0.1, 0.15) is 27.5 Å². The van der Waals surface area contributed by atoms with Crippen LogP contribution < -0.4 is 9.47 Å². The van der Waals surface area contributed by atoms with Gasteiger partial charge in [0, 0.05) is 11.1 Å². The SMILES string of the molecule is CC1(C)[C@H](C=C(Cl)Cl)[C@H]1C(=O)O[C@H](C(=O)c1cccc(Oc2ccccc2)c1)c1cccc(Oc2ccccc2)c1. The highest BCUT2D eigenvalue weighted by molar-refractivity contribution is 6.55. The monoisotopic (exact) mass is 586 g/mol. The summed E-state index contributed by atoms with van der Waals surface area (Å²) < 4.78 is 18.0. The molecule has 41 heavy (non-hydrogen) atoms. The molecule has 1 aliphatic rings. The van der Waals surface area contributed by atoms with Gasteiger partial charge in [0.15, 0.2) is 6.10 Å². The molecule has 4 aromatic rings. The van der Waals surface area contributed by atoms with Crippen molar-refractivity contribution in [3.63, 3.8) is 0 Å². The van der Waals surface area contributed by atoms with E-state index in [1.54, 1.807) is 54.6 Å². The van der Waals surface area contributed by atoms with Gasteiger partial charge in [-0.15, -0.1) is 0 Å². The van der Waals surface area contributed by atoms with Crippen molar-refractivity contribution < 1.29 is 23.8 Å². The van der Waals surface area contributed by atoms with E-state index in [0.717, 1.165) is 0 Å². The maximum Gasteiger partial charge on any atom is 0.311 e. The van der Waals surface area contributed by atoms with Crippen molar-refractivity contribution in [1.29, 1.82) is 0 Å². The third-order valence-electron chi connectivity index (χ3n) is 7.18. The number of esters is 1. The molecule has 0 bridgehead atoms. The van der Waals surface area contributed by atoms with E-state index < -0.39 is 29.2 Å². The van der Waals surface area contributed by atoms with E-state index in [1.807, 2.05) is 74.5 Å². The lowest BCUT2D eigenvalue weighted by Crippen LogP contribution is -2.22. The fourth-order valence-corrected chi connectivity index (χ4v) is 5.16. The normalized spacial score (nSPS) is 17.6. The lowest BCUT2D eigenvalue weighted by molar-refractivity contribution is -0.150. The molecule has 3 atom stereocenters. The Hall–Kier alpha value is -4.06. The van der Waals surface area contributed by atoms with Gasteiger partial charge in [-0.3, -0.25) is 9.59 Å². The number of allylic oxidation sites excluding steroid dienone is 1. The zero-order valence-electron chi connectivity index (χ0n) is 22.5. The largest absolute Gasteiger partial charge is 0.457 e. The Kier molecular flexibility index (Phi) is 8.48. The predicted molar refractivity (Wildman–Crippen MR) is 160 cm³/mol. The molecular formula is C34H28Cl2O5. The minimum Gasteiger partial charge on any atom is -0.457 e. The fourth-order valence-electron chi connectivity index (χ4n) is 4.89. The van der Waals surface area contributed by atoms with E-state index in [-0.39, 0.29) is 10.4 Å². The average Bonchev–Trinajstić information content (AvgIpc) is 3.51. The van der Waals surface area contributed by atoms with Crippen molar-refractivity contribution in [3.8, 4) is 23.0 Å². The van der Waals surface area contributed by atoms with Crippen LogP contribution in [0.4, 0.5) is 0 Å². The first-order chi connectivity index (χ1) is 19.7. The number of ketones is 1. The molecule has 1 fully saturated rings. The van der Waals surface area contributed by atoms with Gasteiger partial charge in [-0.2, -0.15) is 0 Å². The maximum atomic E-state index is 14.0. The van der Waals surface area contributed by atoms with Gasteiger partial charge in [0.25, 0.3) is 0 Å². The topological polar surface area (TPSA) is 61.8 Å². The average molecular weight is 587 g/mol. The van der Waals surface area contributed by atoms with Crippen molar-refractivity contribution in [2.24, 2.45) is 17.3 Å². The highest BCUT2D eigenvalue weighted by Crippen LogP contribution is 2.60. The predicted octanol–water partition coefficient (Wildman–Crippen LogP) is 9.33. The van der Waals surface area contributed by atoms with Crippen LogP contribution >= 0.6 is 23.2 Å². The lowest BCUT2D eigenvalue weighted by atomic mass is 9.99. The summed E-state index contributed by atoms with van der Waals surface area (Å²) in [5.74, 6) is 0.669. The van der Waals surface area contributed by atoms with Crippen LogP contribution in [0.1, 0.15) is 35.9 Å². The molecule has 0 aromatic heterocycles. The van der Waals surface area contributed by atoms with Crippen molar-refractivity contribution in [2.75, 3.05) is 0 Å². The molecule has 0 aliphatic heterocycles. The summed E-state index contributed by atoms with van der Waals surface area (Å²) >= 11 is 11.8. The van der Waals surface area contributed by atoms with Crippen LogP contribution in [0.5, 0.6) is 23.0 Å². The van der Waals surface area contributed by atoms with E-state index in [4.69, 9.17) is 37.4 Å². The molecule has 0 unspecified atom stereocenters. The summed E-state index contributed by atoms with van der Waals surface area (Å²) in [5.41, 5.74) is 0.398. The Morgan fingerprint density at radius 2 is 1.27 bits per heavy atom.